The molecule has 110 valence electrons. The van der Waals surface area contributed by atoms with Gasteiger partial charge in [0, 0.05) is 16.8 Å². The number of aryl methyl sites for hydroxylation is 1. The number of nitrogens with two attached hydrogens (primary N) is 1. The van der Waals surface area contributed by atoms with Crippen LogP contribution in [0.25, 0.3) is 11.4 Å². The molecule has 2 aromatic rings. The summed E-state index contributed by atoms with van der Waals surface area (Å²) in [5, 5.41) is 0. The number of anilines is 1. The molecule has 1 aromatic heterocycles. The first-order chi connectivity index (χ1) is 10.2. The van der Waals surface area contributed by atoms with Crippen molar-refractivity contribution < 1.29 is 4.74 Å². The number of hydrogen-bond acceptors (Lipinski definition) is 4. The van der Waals surface area contributed by atoms with Crippen LogP contribution in [0, 0.1) is 0 Å². The van der Waals surface area contributed by atoms with Crippen molar-refractivity contribution in [2.75, 3.05) is 12.8 Å². The maximum Gasteiger partial charge on any atom is 0.161 e. The normalized spacial score (nSPS) is 14.4. The van der Waals surface area contributed by atoms with Crippen LogP contribution in [0.5, 0.6) is 5.75 Å². The highest BCUT2D eigenvalue weighted by molar-refractivity contribution is 9.10. The molecule has 1 heterocycles. The monoisotopic (exact) mass is 347 g/mol. The topological polar surface area (TPSA) is 61.0 Å². The lowest BCUT2D eigenvalue weighted by Gasteiger charge is -2.11. The van der Waals surface area contributed by atoms with Gasteiger partial charge in [-0.05, 0) is 59.8 Å². The molecule has 5 heteroatoms. The zero-order valence-corrected chi connectivity index (χ0v) is 13.6. The second-order valence-corrected chi connectivity index (χ2v) is 6.12. The van der Waals surface area contributed by atoms with Crippen LogP contribution in [-0.2, 0) is 12.8 Å². The Balaban J connectivity index is 2.05. The fourth-order valence-electron chi connectivity index (χ4n) is 2.73. The molecule has 0 saturated heterocycles. The number of nitrogens with zero attached hydrogens (tertiary/aromatic N) is 2. The number of fused-ring (bicyclic) bond motifs is 1. The average Bonchev–Trinajstić information content (AvgIpc) is 2.72. The van der Waals surface area contributed by atoms with E-state index in [-0.39, 0.29) is 0 Å². The number of ether oxygens (including phenoxy) is 1. The second kappa shape index (κ2) is 6.02. The Bertz CT molecular complexity index is 673. The van der Waals surface area contributed by atoms with Gasteiger partial charge in [-0.1, -0.05) is 6.42 Å². The third-order valence-corrected chi connectivity index (χ3v) is 4.49. The molecule has 0 unspecified atom stereocenters. The minimum atomic E-state index is 0.629. The number of hydrogen-bond donors (Lipinski definition) is 1. The summed E-state index contributed by atoms with van der Waals surface area (Å²) in [6.07, 6.45) is 5.57. The maximum absolute atomic E-state index is 6.16. The lowest BCUT2D eigenvalue weighted by molar-refractivity contribution is 0.412. The standard InChI is InChI=1S/C16H18BrN3O/c1-21-14-8-7-10(9-12(14)17)16-19-13-6-4-2-3-5-11(13)15(18)20-16/h7-9H,2-6H2,1H3,(H2,18,19,20). The SMILES string of the molecule is COc1ccc(-c2nc(N)c3c(n2)CCCCC3)cc1Br. The molecule has 3 rings (SSSR count). The lowest BCUT2D eigenvalue weighted by atomic mass is 10.1. The van der Waals surface area contributed by atoms with Gasteiger partial charge in [0.05, 0.1) is 11.6 Å². The van der Waals surface area contributed by atoms with Crippen molar-refractivity contribution >= 4 is 21.7 Å². The van der Waals surface area contributed by atoms with E-state index in [0.717, 1.165) is 39.9 Å². The molecular weight excluding hydrogens is 330 g/mol. The summed E-state index contributed by atoms with van der Waals surface area (Å²) in [4.78, 5) is 9.25. The molecule has 1 aliphatic carbocycles. The van der Waals surface area contributed by atoms with Crippen LogP contribution in [0.2, 0.25) is 0 Å². The third kappa shape index (κ3) is 2.88. The summed E-state index contributed by atoms with van der Waals surface area (Å²) >= 11 is 3.50. The Morgan fingerprint density at radius 3 is 2.71 bits per heavy atom. The third-order valence-electron chi connectivity index (χ3n) is 3.88. The molecule has 1 aliphatic rings. The van der Waals surface area contributed by atoms with Crippen molar-refractivity contribution in [2.24, 2.45) is 0 Å². The van der Waals surface area contributed by atoms with Gasteiger partial charge in [0.2, 0.25) is 0 Å². The first kappa shape index (κ1) is 14.3. The van der Waals surface area contributed by atoms with Crippen molar-refractivity contribution in [1.82, 2.24) is 9.97 Å². The van der Waals surface area contributed by atoms with Gasteiger partial charge in [0.15, 0.2) is 5.82 Å². The van der Waals surface area contributed by atoms with Crippen molar-refractivity contribution in [3.8, 4) is 17.1 Å². The van der Waals surface area contributed by atoms with Crippen molar-refractivity contribution in [1.29, 1.82) is 0 Å². The molecule has 4 nitrogen and oxygen atoms in total. The van der Waals surface area contributed by atoms with Crippen molar-refractivity contribution in [2.45, 2.75) is 32.1 Å². The zero-order chi connectivity index (χ0) is 14.8. The first-order valence-corrected chi connectivity index (χ1v) is 7.97. The van der Waals surface area contributed by atoms with Gasteiger partial charge in [0.1, 0.15) is 11.6 Å². The highest BCUT2D eigenvalue weighted by Gasteiger charge is 2.16. The molecule has 0 amide bonds. The summed E-state index contributed by atoms with van der Waals surface area (Å²) in [7, 11) is 1.65. The van der Waals surface area contributed by atoms with Crippen LogP contribution >= 0.6 is 15.9 Å². The Morgan fingerprint density at radius 1 is 1.14 bits per heavy atom. The van der Waals surface area contributed by atoms with Crippen molar-refractivity contribution in [3.63, 3.8) is 0 Å². The molecule has 0 radical (unpaired) electrons. The van der Waals surface area contributed by atoms with Crippen LogP contribution in [-0.4, -0.2) is 17.1 Å². The van der Waals surface area contributed by atoms with E-state index in [0.29, 0.717) is 11.6 Å². The van der Waals surface area contributed by atoms with E-state index in [9.17, 15) is 0 Å². The Hall–Kier alpha value is -1.62. The number of benzene rings is 1. The molecular formula is C16H18BrN3O. The minimum absolute atomic E-state index is 0.629. The quantitative estimate of drug-likeness (QED) is 0.840. The van der Waals surface area contributed by atoms with E-state index < -0.39 is 0 Å². The first-order valence-electron chi connectivity index (χ1n) is 7.18. The van der Waals surface area contributed by atoms with Gasteiger partial charge >= 0.3 is 0 Å². The summed E-state index contributed by atoms with van der Waals surface area (Å²) in [6, 6.07) is 5.84. The average molecular weight is 348 g/mol. The molecule has 0 saturated carbocycles. The predicted molar refractivity (Wildman–Crippen MR) is 87.4 cm³/mol. The van der Waals surface area contributed by atoms with Gasteiger partial charge in [-0.2, -0.15) is 0 Å². The van der Waals surface area contributed by atoms with E-state index in [1.54, 1.807) is 7.11 Å². The van der Waals surface area contributed by atoms with E-state index in [4.69, 9.17) is 15.5 Å². The van der Waals surface area contributed by atoms with Crippen LogP contribution in [0.1, 0.15) is 30.5 Å². The molecule has 1 aromatic carbocycles. The van der Waals surface area contributed by atoms with E-state index in [1.165, 1.54) is 19.3 Å². The summed E-state index contributed by atoms with van der Waals surface area (Å²) in [6.45, 7) is 0. The Morgan fingerprint density at radius 2 is 1.95 bits per heavy atom. The Kier molecular flexibility index (Phi) is 4.10. The molecule has 21 heavy (non-hydrogen) atoms. The number of rotatable bonds is 2. The predicted octanol–water partition coefficient (Wildman–Crippen LogP) is 3.77. The highest BCUT2D eigenvalue weighted by atomic mass is 79.9. The molecule has 0 bridgehead atoms. The van der Waals surface area contributed by atoms with Crippen LogP contribution in [0.3, 0.4) is 0 Å². The van der Waals surface area contributed by atoms with Gasteiger partial charge in [-0.15, -0.1) is 0 Å². The van der Waals surface area contributed by atoms with Gasteiger partial charge < -0.3 is 10.5 Å². The fourth-order valence-corrected chi connectivity index (χ4v) is 3.28. The Labute approximate surface area is 132 Å². The van der Waals surface area contributed by atoms with Gasteiger partial charge in [0.25, 0.3) is 0 Å². The minimum Gasteiger partial charge on any atom is -0.496 e. The summed E-state index contributed by atoms with van der Waals surface area (Å²) in [5.41, 5.74) is 9.36. The van der Waals surface area contributed by atoms with Crippen LogP contribution in [0.15, 0.2) is 22.7 Å². The summed E-state index contributed by atoms with van der Waals surface area (Å²) in [5.74, 6) is 2.11. The fraction of sp³-hybridized carbons (Fsp3) is 0.375. The molecule has 0 fully saturated rings. The van der Waals surface area contributed by atoms with Crippen LogP contribution in [0.4, 0.5) is 5.82 Å². The summed E-state index contributed by atoms with van der Waals surface area (Å²) < 4.78 is 6.14. The smallest absolute Gasteiger partial charge is 0.161 e. The molecule has 0 aliphatic heterocycles. The maximum atomic E-state index is 6.16. The largest absolute Gasteiger partial charge is 0.496 e. The van der Waals surface area contributed by atoms with E-state index >= 15 is 0 Å². The molecule has 0 atom stereocenters. The van der Waals surface area contributed by atoms with E-state index in [2.05, 4.69) is 20.9 Å². The second-order valence-electron chi connectivity index (χ2n) is 5.27. The van der Waals surface area contributed by atoms with Crippen molar-refractivity contribution in [3.05, 3.63) is 33.9 Å². The number of methoxy groups -OCH3 is 1. The van der Waals surface area contributed by atoms with Gasteiger partial charge in [-0.3, -0.25) is 0 Å². The van der Waals surface area contributed by atoms with Gasteiger partial charge in [-0.25, -0.2) is 9.97 Å². The van der Waals surface area contributed by atoms with Crippen LogP contribution < -0.4 is 10.5 Å². The lowest BCUT2D eigenvalue weighted by Crippen LogP contribution is -2.06. The zero-order valence-electron chi connectivity index (χ0n) is 12.0. The molecule has 2 N–H and O–H groups in total. The number of aromatic nitrogens is 2. The molecule has 0 spiro atoms. The number of nitrogen functional groups attached to an aromatic ring is 1. The van der Waals surface area contributed by atoms with E-state index in [1.807, 2.05) is 18.2 Å². The highest BCUT2D eigenvalue weighted by Crippen LogP contribution is 2.31. The number of halogens is 1.